The molecule has 0 aliphatic rings. The minimum Gasteiger partial charge on any atom is -0.384 e. The number of hydrogen-bond donors (Lipinski definition) is 1. The van der Waals surface area contributed by atoms with E-state index < -0.39 is 0 Å². The van der Waals surface area contributed by atoms with E-state index in [1.165, 1.54) is 5.56 Å². The summed E-state index contributed by atoms with van der Waals surface area (Å²) in [5.41, 5.74) is 8.23. The third-order valence-corrected chi connectivity index (χ3v) is 2.85. The highest BCUT2D eigenvalue weighted by atomic mass is 15.3. The molecule has 0 unspecified atom stereocenters. The Balaban J connectivity index is 2.77. The van der Waals surface area contributed by atoms with Gasteiger partial charge in [-0.15, -0.1) is 0 Å². The molecule has 1 rings (SSSR count). The first-order valence-corrected chi connectivity index (χ1v) is 5.96. The van der Waals surface area contributed by atoms with E-state index in [2.05, 4.69) is 30.8 Å². The summed E-state index contributed by atoms with van der Waals surface area (Å²) in [5.74, 6) is 1.47. The molecule has 16 heavy (non-hydrogen) atoms. The van der Waals surface area contributed by atoms with Gasteiger partial charge in [-0.2, -0.15) is 5.10 Å². The van der Waals surface area contributed by atoms with Crippen molar-refractivity contribution in [3.8, 4) is 0 Å². The molecule has 0 aromatic carbocycles. The van der Waals surface area contributed by atoms with E-state index in [4.69, 9.17) is 5.73 Å². The molecule has 0 aliphatic carbocycles. The zero-order chi connectivity index (χ0) is 12.3. The fourth-order valence-corrected chi connectivity index (χ4v) is 1.96. The van der Waals surface area contributed by atoms with E-state index in [1.54, 1.807) is 4.68 Å². The number of aromatic nitrogens is 2. The second-order valence-corrected chi connectivity index (χ2v) is 4.79. The Kier molecular flexibility index (Phi) is 4.35. The van der Waals surface area contributed by atoms with Gasteiger partial charge in [0.05, 0.1) is 5.69 Å². The molecule has 0 radical (unpaired) electrons. The molecule has 0 fully saturated rings. The van der Waals surface area contributed by atoms with Gasteiger partial charge in [0.2, 0.25) is 0 Å². The first-order chi connectivity index (χ1) is 7.45. The Hall–Kier alpha value is -1.03. The second-order valence-electron chi connectivity index (χ2n) is 4.79. The van der Waals surface area contributed by atoms with Crippen LogP contribution >= 0.6 is 0 Å². The van der Waals surface area contributed by atoms with Gasteiger partial charge in [0.25, 0.3) is 0 Å². The lowest BCUT2D eigenvalue weighted by Crippen LogP contribution is -2.27. The predicted octanol–water partition coefficient (Wildman–Crippen LogP) is 1.79. The van der Waals surface area contributed by atoms with E-state index in [0.717, 1.165) is 31.1 Å². The molecular weight excluding hydrogens is 200 g/mol. The Morgan fingerprint density at radius 2 is 2.06 bits per heavy atom. The summed E-state index contributed by atoms with van der Waals surface area (Å²) in [6.07, 6.45) is 0. The number of nitrogens with two attached hydrogens (primary N) is 1. The Bertz CT molecular complexity index is 341. The molecule has 1 aromatic rings. The number of hydrogen-bond acceptors (Lipinski definition) is 3. The molecule has 0 aliphatic heterocycles. The van der Waals surface area contributed by atoms with Crippen LogP contribution in [0.3, 0.4) is 0 Å². The largest absolute Gasteiger partial charge is 0.384 e. The van der Waals surface area contributed by atoms with Crippen molar-refractivity contribution in [3.63, 3.8) is 0 Å². The summed E-state index contributed by atoms with van der Waals surface area (Å²) in [6, 6.07) is 0. The molecule has 4 nitrogen and oxygen atoms in total. The van der Waals surface area contributed by atoms with Gasteiger partial charge in [0, 0.05) is 25.7 Å². The van der Waals surface area contributed by atoms with Crippen molar-refractivity contribution in [1.82, 2.24) is 14.7 Å². The lowest BCUT2D eigenvalue weighted by Gasteiger charge is -2.22. The molecule has 0 saturated heterocycles. The zero-order valence-electron chi connectivity index (χ0n) is 11.1. The van der Waals surface area contributed by atoms with Gasteiger partial charge >= 0.3 is 0 Å². The van der Waals surface area contributed by atoms with Gasteiger partial charge in [-0.1, -0.05) is 20.8 Å². The van der Waals surface area contributed by atoms with Crippen molar-refractivity contribution in [2.24, 2.45) is 13.0 Å². The van der Waals surface area contributed by atoms with E-state index in [1.807, 2.05) is 14.0 Å². The molecule has 0 saturated carbocycles. The molecular formula is C12H24N4. The molecule has 92 valence electrons. The Morgan fingerprint density at radius 3 is 2.44 bits per heavy atom. The highest BCUT2D eigenvalue weighted by Crippen LogP contribution is 2.17. The van der Waals surface area contributed by atoms with Gasteiger partial charge in [0.15, 0.2) is 0 Å². The Morgan fingerprint density at radius 1 is 1.44 bits per heavy atom. The lowest BCUT2D eigenvalue weighted by atomic mass is 10.1. The van der Waals surface area contributed by atoms with Crippen LogP contribution in [0.1, 0.15) is 32.0 Å². The van der Waals surface area contributed by atoms with Crippen LogP contribution in [0.5, 0.6) is 0 Å². The van der Waals surface area contributed by atoms with Crippen LogP contribution in [-0.4, -0.2) is 27.8 Å². The second kappa shape index (κ2) is 5.34. The maximum Gasteiger partial charge on any atom is 0.126 e. The quantitative estimate of drug-likeness (QED) is 0.829. The van der Waals surface area contributed by atoms with Crippen LogP contribution < -0.4 is 5.73 Å². The number of nitrogen functional groups attached to an aromatic ring is 1. The highest BCUT2D eigenvalue weighted by molar-refractivity contribution is 5.42. The minimum atomic E-state index is 0.679. The number of aryl methyl sites for hydroxylation is 2. The average Bonchev–Trinajstić information content (AvgIpc) is 2.43. The number of rotatable bonds is 5. The van der Waals surface area contributed by atoms with Gasteiger partial charge in [-0.25, -0.2) is 0 Å². The summed E-state index contributed by atoms with van der Waals surface area (Å²) in [4.78, 5) is 2.41. The fraction of sp³-hybridized carbons (Fsp3) is 0.750. The van der Waals surface area contributed by atoms with Gasteiger partial charge < -0.3 is 5.73 Å². The molecule has 0 spiro atoms. The zero-order valence-corrected chi connectivity index (χ0v) is 11.1. The minimum absolute atomic E-state index is 0.679. The van der Waals surface area contributed by atoms with Crippen molar-refractivity contribution >= 4 is 5.82 Å². The molecule has 0 atom stereocenters. The summed E-state index contributed by atoms with van der Waals surface area (Å²) < 4.78 is 1.76. The van der Waals surface area contributed by atoms with Gasteiger partial charge in [0.1, 0.15) is 5.82 Å². The molecule has 0 amide bonds. The molecule has 1 heterocycles. The standard InChI is InChI=1S/C12H24N4/c1-6-16(7-9(2)3)8-11-10(4)14-15(5)12(11)13/h9H,6-8,13H2,1-5H3. The molecule has 0 bridgehead atoms. The number of nitrogens with zero attached hydrogens (tertiary/aromatic N) is 3. The normalized spacial score (nSPS) is 11.7. The van der Waals surface area contributed by atoms with Crippen molar-refractivity contribution < 1.29 is 0 Å². The fourth-order valence-electron chi connectivity index (χ4n) is 1.96. The average molecular weight is 224 g/mol. The summed E-state index contributed by atoms with van der Waals surface area (Å²) in [7, 11) is 1.89. The first kappa shape index (κ1) is 13.0. The van der Waals surface area contributed by atoms with Crippen LogP contribution in [0.15, 0.2) is 0 Å². The highest BCUT2D eigenvalue weighted by Gasteiger charge is 2.14. The van der Waals surface area contributed by atoms with Gasteiger partial charge in [-0.05, 0) is 19.4 Å². The van der Waals surface area contributed by atoms with Crippen molar-refractivity contribution in [2.45, 2.75) is 34.2 Å². The van der Waals surface area contributed by atoms with E-state index in [0.29, 0.717) is 5.92 Å². The first-order valence-electron chi connectivity index (χ1n) is 5.96. The van der Waals surface area contributed by atoms with Crippen molar-refractivity contribution in [1.29, 1.82) is 0 Å². The summed E-state index contributed by atoms with van der Waals surface area (Å²) in [5, 5.41) is 4.34. The summed E-state index contributed by atoms with van der Waals surface area (Å²) >= 11 is 0. The van der Waals surface area contributed by atoms with Crippen molar-refractivity contribution in [3.05, 3.63) is 11.3 Å². The third kappa shape index (κ3) is 2.98. The van der Waals surface area contributed by atoms with E-state index in [9.17, 15) is 0 Å². The third-order valence-electron chi connectivity index (χ3n) is 2.85. The monoisotopic (exact) mass is 224 g/mol. The van der Waals surface area contributed by atoms with Crippen LogP contribution in [0, 0.1) is 12.8 Å². The molecule has 1 aromatic heterocycles. The van der Waals surface area contributed by atoms with Crippen LogP contribution in [-0.2, 0) is 13.6 Å². The topological polar surface area (TPSA) is 47.1 Å². The Labute approximate surface area is 98.4 Å². The van der Waals surface area contributed by atoms with Crippen LogP contribution in [0.4, 0.5) is 5.82 Å². The predicted molar refractivity (Wildman–Crippen MR) is 68.1 cm³/mol. The number of anilines is 1. The van der Waals surface area contributed by atoms with Crippen molar-refractivity contribution in [2.75, 3.05) is 18.8 Å². The van der Waals surface area contributed by atoms with Gasteiger partial charge in [-0.3, -0.25) is 9.58 Å². The lowest BCUT2D eigenvalue weighted by molar-refractivity contribution is 0.248. The van der Waals surface area contributed by atoms with E-state index >= 15 is 0 Å². The van der Waals surface area contributed by atoms with Crippen LogP contribution in [0.25, 0.3) is 0 Å². The molecule has 4 heteroatoms. The SMILES string of the molecule is CCN(Cc1c(C)nn(C)c1N)CC(C)C. The maximum atomic E-state index is 6.01. The van der Waals surface area contributed by atoms with Crippen LogP contribution in [0.2, 0.25) is 0 Å². The molecule has 2 N–H and O–H groups in total. The maximum absolute atomic E-state index is 6.01. The van der Waals surface area contributed by atoms with E-state index in [-0.39, 0.29) is 0 Å². The smallest absolute Gasteiger partial charge is 0.126 e. The summed E-state index contributed by atoms with van der Waals surface area (Å²) in [6.45, 7) is 11.7.